The van der Waals surface area contributed by atoms with Crippen molar-refractivity contribution in [2.75, 3.05) is 6.54 Å². The maximum atomic E-state index is 13.0. The largest absolute Gasteiger partial charge is 0.416 e. The molecule has 1 N–H and O–H groups in total. The first-order chi connectivity index (χ1) is 9.86. The van der Waals surface area contributed by atoms with Crippen molar-refractivity contribution in [3.05, 3.63) is 35.1 Å². The van der Waals surface area contributed by atoms with Gasteiger partial charge in [-0.3, -0.25) is 0 Å². The van der Waals surface area contributed by atoms with Gasteiger partial charge >= 0.3 is 6.18 Å². The molecule has 1 aliphatic carbocycles. The lowest BCUT2D eigenvalue weighted by Crippen LogP contribution is -2.26. The maximum absolute atomic E-state index is 13.0. The monoisotopic (exact) mass is 303 g/mol. The Bertz CT molecular complexity index is 462. The molecular formula is C16H21F4N. The van der Waals surface area contributed by atoms with Gasteiger partial charge in [0, 0.05) is 6.54 Å². The zero-order valence-corrected chi connectivity index (χ0v) is 12.1. The third kappa shape index (κ3) is 4.70. The fourth-order valence-electron chi connectivity index (χ4n) is 2.91. The van der Waals surface area contributed by atoms with Crippen LogP contribution in [-0.4, -0.2) is 6.54 Å². The third-order valence-corrected chi connectivity index (χ3v) is 4.26. The highest BCUT2D eigenvalue weighted by molar-refractivity contribution is 5.30. The van der Waals surface area contributed by atoms with Gasteiger partial charge in [0.25, 0.3) is 0 Å². The van der Waals surface area contributed by atoms with E-state index in [2.05, 4.69) is 12.2 Å². The molecule has 0 amide bonds. The Hall–Kier alpha value is -1.10. The van der Waals surface area contributed by atoms with Gasteiger partial charge in [-0.25, -0.2) is 4.39 Å². The Kier molecular flexibility index (Phi) is 5.25. The fraction of sp³-hybridized carbons (Fsp3) is 0.625. The normalized spacial score (nSPS) is 23.3. The molecule has 1 aromatic rings. The summed E-state index contributed by atoms with van der Waals surface area (Å²) in [4.78, 5) is 0. The first-order valence-electron chi connectivity index (χ1n) is 7.42. The summed E-state index contributed by atoms with van der Waals surface area (Å²) in [5.41, 5.74) is -0.777. The minimum Gasteiger partial charge on any atom is -0.312 e. The van der Waals surface area contributed by atoms with E-state index in [1.54, 1.807) is 0 Å². The molecule has 1 fully saturated rings. The number of halogens is 4. The van der Waals surface area contributed by atoms with E-state index in [1.165, 1.54) is 18.9 Å². The molecule has 0 atom stereocenters. The molecule has 1 aliphatic rings. The van der Waals surface area contributed by atoms with E-state index in [4.69, 9.17) is 0 Å². The van der Waals surface area contributed by atoms with Crippen molar-refractivity contribution < 1.29 is 17.6 Å². The van der Waals surface area contributed by atoms with Crippen LogP contribution in [0.1, 0.15) is 43.7 Å². The minimum atomic E-state index is -4.51. The molecule has 0 heterocycles. The average molecular weight is 303 g/mol. The van der Waals surface area contributed by atoms with Crippen LogP contribution in [0.3, 0.4) is 0 Å². The first-order valence-corrected chi connectivity index (χ1v) is 7.42. The molecule has 0 aromatic heterocycles. The molecule has 0 bridgehead atoms. The fourth-order valence-corrected chi connectivity index (χ4v) is 2.91. The Labute approximate surface area is 122 Å². The number of alkyl halides is 3. The second-order valence-electron chi connectivity index (χ2n) is 6.06. The highest BCUT2D eigenvalue weighted by Gasteiger charge is 2.33. The Morgan fingerprint density at radius 1 is 1.14 bits per heavy atom. The van der Waals surface area contributed by atoms with Gasteiger partial charge < -0.3 is 5.32 Å². The third-order valence-electron chi connectivity index (χ3n) is 4.26. The van der Waals surface area contributed by atoms with Gasteiger partial charge in [0.15, 0.2) is 0 Å². The summed E-state index contributed by atoms with van der Waals surface area (Å²) < 4.78 is 51.6. The van der Waals surface area contributed by atoms with Crippen LogP contribution in [0.15, 0.2) is 18.2 Å². The van der Waals surface area contributed by atoms with Crippen molar-refractivity contribution in [2.45, 2.75) is 45.3 Å². The molecule has 0 unspecified atom stereocenters. The summed E-state index contributed by atoms with van der Waals surface area (Å²) in [6.45, 7) is 3.08. The minimum absolute atomic E-state index is 0.105. The number of benzene rings is 1. The van der Waals surface area contributed by atoms with Crippen molar-refractivity contribution in [2.24, 2.45) is 11.8 Å². The Morgan fingerprint density at radius 3 is 2.43 bits per heavy atom. The summed E-state index contributed by atoms with van der Waals surface area (Å²) in [5.74, 6) is 0.443. The molecule has 0 spiro atoms. The zero-order chi connectivity index (χ0) is 15.5. The van der Waals surface area contributed by atoms with E-state index in [0.717, 1.165) is 31.4 Å². The van der Waals surface area contributed by atoms with Crippen molar-refractivity contribution in [3.63, 3.8) is 0 Å². The van der Waals surface area contributed by atoms with Crippen LogP contribution in [0.2, 0.25) is 0 Å². The van der Waals surface area contributed by atoms with Crippen molar-refractivity contribution in [1.82, 2.24) is 5.32 Å². The second kappa shape index (κ2) is 6.77. The summed E-state index contributed by atoms with van der Waals surface area (Å²) in [7, 11) is 0. The standard InChI is InChI=1S/C16H21F4N/c1-11-2-4-12(5-3-11)9-21-10-13-6-7-14(17)8-15(13)16(18,19)20/h6-8,11-12,21H,2-5,9-10H2,1H3. The van der Waals surface area contributed by atoms with Gasteiger partial charge in [-0.05, 0) is 48.9 Å². The Morgan fingerprint density at radius 2 is 1.81 bits per heavy atom. The molecule has 2 rings (SSSR count). The van der Waals surface area contributed by atoms with Crippen LogP contribution >= 0.6 is 0 Å². The SMILES string of the molecule is CC1CCC(CNCc2ccc(F)cc2C(F)(F)F)CC1. The van der Waals surface area contributed by atoms with Gasteiger partial charge in [-0.1, -0.05) is 25.8 Å². The van der Waals surface area contributed by atoms with Gasteiger partial charge in [0.2, 0.25) is 0 Å². The van der Waals surface area contributed by atoms with Gasteiger partial charge in [0.1, 0.15) is 5.82 Å². The first kappa shape index (κ1) is 16.3. The number of nitrogens with one attached hydrogen (secondary N) is 1. The number of rotatable bonds is 4. The van der Waals surface area contributed by atoms with Crippen molar-refractivity contribution in [1.29, 1.82) is 0 Å². The molecule has 0 aliphatic heterocycles. The lowest BCUT2D eigenvalue weighted by Gasteiger charge is -2.26. The topological polar surface area (TPSA) is 12.0 Å². The Balaban J connectivity index is 1.91. The molecule has 1 saturated carbocycles. The summed E-state index contributed by atoms with van der Waals surface area (Å²) in [6.07, 6.45) is 0.125. The predicted octanol–water partition coefficient (Wildman–Crippen LogP) is 4.76. The molecular weight excluding hydrogens is 282 g/mol. The second-order valence-corrected chi connectivity index (χ2v) is 6.06. The highest BCUT2D eigenvalue weighted by atomic mass is 19.4. The van der Waals surface area contributed by atoms with E-state index < -0.39 is 17.6 Å². The quantitative estimate of drug-likeness (QED) is 0.791. The molecule has 1 nitrogen and oxygen atoms in total. The van der Waals surface area contributed by atoms with E-state index in [9.17, 15) is 17.6 Å². The van der Waals surface area contributed by atoms with E-state index in [0.29, 0.717) is 12.0 Å². The van der Waals surface area contributed by atoms with Gasteiger partial charge in [0.05, 0.1) is 5.56 Å². The number of hydrogen-bond acceptors (Lipinski definition) is 1. The van der Waals surface area contributed by atoms with Crippen molar-refractivity contribution >= 4 is 0 Å². The van der Waals surface area contributed by atoms with Crippen molar-refractivity contribution in [3.8, 4) is 0 Å². The lowest BCUT2D eigenvalue weighted by atomic mass is 9.83. The summed E-state index contributed by atoms with van der Waals surface area (Å²) in [6, 6.07) is 2.86. The zero-order valence-electron chi connectivity index (χ0n) is 12.1. The lowest BCUT2D eigenvalue weighted by molar-refractivity contribution is -0.138. The van der Waals surface area contributed by atoms with E-state index in [-0.39, 0.29) is 12.1 Å². The molecule has 5 heteroatoms. The van der Waals surface area contributed by atoms with Crippen LogP contribution in [0.4, 0.5) is 17.6 Å². The van der Waals surface area contributed by atoms with Gasteiger partial charge in [-0.2, -0.15) is 13.2 Å². The van der Waals surface area contributed by atoms with Crippen LogP contribution in [0, 0.1) is 17.7 Å². The van der Waals surface area contributed by atoms with Gasteiger partial charge in [-0.15, -0.1) is 0 Å². The predicted molar refractivity (Wildman–Crippen MR) is 74.2 cm³/mol. The molecule has 0 saturated heterocycles. The summed E-state index contributed by atoms with van der Waals surface area (Å²) in [5, 5.41) is 3.10. The van der Waals surface area contributed by atoms with E-state index >= 15 is 0 Å². The molecule has 118 valence electrons. The smallest absolute Gasteiger partial charge is 0.312 e. The molecule has 21 heavy (non-hydrogen) atoms. The number of hydrogen-bond donors (Lipinski definition) is 1. The van der Waals surface area contributed by atoms with Crippen LogP contribution in [-0.2, 0) is 12.7 Å². The van der Waals surface area contributed by atoms with Crippen LogP contribution in [0.5, 0.6) is 0 Å². The summed E-state index contributed by atoms with van der Waals surface area (Å²) >= 11 is 0. The highest BCUT2D eigenvalue weighted by Crippen LogP contribution is 2.33. The maximum Gasteiger partial charge on any atom is 0.416 e. The van der Waals surface area contributed by atoms with E-state index in [1.807, 2.05) is 0 Å². The van der Waals surface area contributed by atoms with Crippen LogP contribution < -0.4 is 5.32 Å². The molecule has 0 radical (unpaired) electrons. The average Bonchev–Trinajstić information content (AvgIpc) is 2.41. The molecule has 1 aromatic carbocycles. The van der Waals surface area contributed by atoms with Crippen LogP contribution in [0.25, 0.3) is 0 Å².